The molecule has 2 aromatic rings. The highest BCUT2D eigenvalue weighted by molar-refractivity contribution is 5.79. The maximum atomic E-state index is 11.9. The molecule has 2 aromatic carbocycles. The average Bonchev–Trinajstić information content (AvgIpc) is 2.64. The second-order valence-corrected chi connectivity index (χ2v) is 5.78. The Balaban J connectivity index is 1.43. The van der Waals surface area contributed by atoms with Gasteiger partial charge in [-0.05, 0) is 42.8 Å². The van der Waals surface area contributed by atoms with E-state index in [4.69, 9.17) is 9.47 Å². The summed E-state index contributed by atoms with van der Waals surface area (Å²) in [5, 5.41) is 5.58. The van der Waals surface area contributed by atoms with Crippen LogP contribution in [0.3, 0.4) is 0 Å². The normalized spacial score (nSPS) is 16.6. The van der Waals surface area contributed by atoms with Crippen molar-refractivity contribution in [2.75, 3.05) is 13.2 Å². The number of para-hydroxylation sites is 1. The third-order valence-electron chi connectivity index (χ3n) is 3.80. The standard InChI is InChI=1S/C19H20N2O4/c22-18-11-6-14(12-20-18)21-19(23)13-24-15-7-9-17(10-8-15)25-16-4-2-1-3-5-16/h1-5,7-10,14H,6,11-13H2,(H,20,22)(H,21,23). The highest BCUT2D eigenvalue weighted by Gasteiger charge is 2.19. The number of carbonyl (C=O) groups is 2. The van der Waals surface area contributed by atoms with Gasteiger partial charge in [-0.15, -0.1) is 0 Å². The zero-order valence-corrected chi connectivity index (χ0v) is 13.7. The summed E-state index contributed by atoms with van der Waals surface area (Å²) in [6.45, 7) is 0.402. The number of nitrogens with one attached hydrogen (secondary N) is 2. The molecule has 3 rings (SSSR count). The van der Waals surface area contributed by atoms with Gasteiger partial charge in [0, 0.05) is 19.0 Å². The molecule has 2 N–H and O–H groups in total. The van der Waals surface area contributed by atoms with E-state index in [1.54, 1.807) is 24.3 Å². The Morgan fingerprint density at radius 3 is 2.40 bits per heavy atom. The Morgan fingerprint density at radius 1 is 1.04 bits per heavy atom. The Hall–Kier alpha value is -3.02. The van der Waals surface area contributed by atoms with Gasteiger partial charge in [0.2, 0.25) is 5.91 Å². The van der Waals surface area contributed by atoms with Gasteiger partial charge >= 0.3 is 0 Å². The van der Waals surface area contributed by atoms with Crippen LogP contribution in [-0.4, -0.2) is 31.0 Å². The molecule has 1 heterocycles. The minimum absolute atomic E-state index is 0.0274. The highest BCUT2D eigenvalue weighted by Crippen LogP contribution is 2.23. The molecule has 2 amide bonds. The van der Waals surface area contributed by atoms with E-state index in [1.165, 1.54) is 0 Å². The van der Waals surface area contributed by atoms with Gasteiger partial charge in [-0.3, -0.25) is 9.59 Å². The molecule has 0 aliphatic carbocycles. The predicted octanol–water partition coefficient (Wildman–Crippen LogP) is 2.25. The van der Waals surface area contributed by atoms with Crippen molar-refractivity contribution >= 4 is 11.8 Å². The summed E-state index contributed by atoms with van der Waals surface area (Å²) in [6.07, 6.45) is 1.10. The Labute approximate surface area is 146 Å². The second kappa shape index (κ2) is 8.19. The number of carbonyl (C=O) groups excluding carboxylic acids is 2. The summed E-state index contributed by atoms with van der Waals surface area (Å²) < 4.78 is 11.2. The molecular weight excluding hydrogens is 320 g/mol. The molecule has 1 unspecified atom stereocenters. The van der Waals surface area contributed by atoms with Crippen LogP contribution in [0.5, 0.6) is 17.2 Å². The number of rotatable bonds is 6. The van der Waals surface area contributed by atoms with Crippen LogP contribution in [-0.2, 0) is 9.59 Å². The lowest BCUT2D eigenvalue weighted by atomic mass is 10.1. The van der Waals surface area contributed by atoms with Crippen LogP contribution in [0.4, 0.5) is 0 Å². The van der Waals surface area contributed by atoms with Crippen molar-refractivity contribution in [1.29, 1.82) is 0 Å². The van der Waals surface area contributed by atoms with Gasteiger partial charge in [0.25, 0.3) is 5.91 Å². The Morgan fingerprint density at radius 2 is 1.72 bits per heavy atom. The molecule has 1 aliphatic rings. The van der Waals surface area contributed by atoms with Gasteiger partial charge in [0.15, 0.2) is 6.61 Å². The number of benzene rings is 2. The lowest BCUT2D eigenvalue weighted by Crippen LogP contribution is -2.48. The monoisotopic (exact) mass is 340 g/mol. The molecule has 0 saturated carbocycles. The number of hydrogen-bond donors (Lipinski definition) is 2. The van der Waals surface area contributed by atoms with Gasteiger partial charge in [-0.2, -0.15) is 0 Å². The van der Waals surface area contributed by atoms with Crippen LogP contribution in [0, 0.1) is 0 Å². The van der Waals surface area contributed by atoms with Crippen molar-refractivity contribution in [2.45, 2.75) is 18.9 Å². The Kier molecular flexibility index (Phi) is 5.51. The minimum atomic E-state index is -0.203. The lowest BCUT2D eigenvalue weighted by Gasteiger charge is -2.23. The first kappa shape index (κ1) is 16.8. The van der Waals surface area contributed by atoms with Crippen LogP contribution in [0.25, 0.3) is 0 Å². The second-order valence-electron chi connectivity index (χ2n) is 5.78. The Bertz CT molecular complexity index is 706. The van der Waals surface area contributed by atoms with Gasteiger partial charge in [-0.1, -0.05) is 18.2 Å². The minimum Gasteiger partial charge on any atom is -0.484 e. The number of piperidine rings is 1. The van der Waals surface area contributed by atoms with Crippen molar-refractivity contribution in [3.63, 3.8) is 0 Å². The summed E-state index contributed by atoms with van der Waals surface area (Å²) >= 11 is 0. The third-order valence-corrected chi connectivity index (χ3v) is 3.80. The van der Waals surface area contributed by atoms with E-state index in [1.807, 2.05) is 30.3 Å². The third kappa shape index (κ3) is 5.24. The molecule has 130 valence electrons. The van der Waals surface area contributed by atoms with Crippen LogP contribution in [0.1, 0.15) is 12.8 Å². The van der Waals surface area contributed by atoms with Gasteiger partial charge in [-0.25, -0.2) is 0 Å². The van der Waals surface area contributed by atoms with Gasteiger partial charge < -0.3 is 20.1 Å². The van der Waals surface area contributed by atoms with E-state index in [0.717, 1.165) is 5.75 Å². The van der Waals surface area contributed by atoms with Crippen molar-refractivity contribution < 1.29 is 19.1 Å². The van der Waals surface area contributed by atoms with E-state index in [2.05, 4.69) is 10.6 Å². The predicted molar refractivity (Wildman–Crippen MR) is 92.6 cm³/mol. The SMILES string of the molecule is O=C1CCC(NC(=O)COc2ccc(Oc3ccccc3)cc2)CN1. The highest BCUT2D eigenvalue weighted by atomic mass is 16.5. The average molecular weight is 340 g/mol. The number of hydrogen-bond acceptors (Lipinski definition) is 4. The molecule has 0 spiro atoms. The van der Waals surface area contributed by atoms with Crippen LogP contribution in [0.2, 0.25) is 0 Å². The number of ether oxygens (including phenoxy) is 2. The van der Waals surface area contributed by atoms with Crippen LogP contribution in [0.15, 0.2) is 54.6 Å². The summed E-state index contributed by atoms with van der Waals surface area (Å²) in [7, 11) is 0. The molecule has 6 heteroatoms. The van der Waals surface area contributed by atoms with Crippen molar-refractivity contribution in [2.24, 2.45) is 0 Å². The van der Waals surface area contributed by atoms with Crippen molar-refractivity contribution in [1.82, 2.24) is 10.6 Å². The molecule has 1 aliphatic heterocycles. The fraction of sp³-hybridized carbons (Fsp3) is 0.263. The summed E-state index contributed by atoms with van der Waals surface area (Å²) in [6, 6.07) is 16.6. The maximum Gasteiger partial charge on any atom is 0.258 e. The van der Waals surface area contributed by atoms with E-state index in [9.17, 15) is 9.59 Å². The lowest BCUT2D eigenvalue weighted by molar-refractivity contribution is -0.126. The van der Waals surface area contributed by atoms with Gasteiger partial charge in [0.05, 0.1) is 0 Å². The largest absolute Gasteiger partial charge is 0.484 e. The molecule has 1 saturated heterocycles. The maximum absolute atomic E-state index is 11.9. The molecule has 1 fully saturated rings. The molecule has 0 bridgehead atoms. The fourth-order valence-electron chi connectivity index (χ4n) is 2.50. The fourth-order valence-corrected chi connectivity index (χ4v) is 2.50. The first-order chi connectivity index (χ1) is 12.2. The summed E-state index contributed by atoms with van der Waals surface area (Å²) in [4.78, 5) is 23.0. The molecular formula is C19H20N2O4. The smallest absolute Gasteiger partial charge is 0.258 e. The molecule has 0 radical (unpaired) electrons. The molecule has 6 nitrogen and oxygen atoms in total. The van der Waals surface area contributed by atoms with Crippen LogP contribution < -0.4 is 20.1 Å². The zero-order valence-electron chi connectivity index (χ0n) is 13.7. The molecule has 1 atom stereocenters. The zero-order chi connectivity index (χ0) is 17.5. The van der Waals surface area contributed by atoms with Crippen LogP contribution >= 0.6 is 0 Å². The van der Waals surface area contributed by atoms with Crippen molar-refractivity contribution in [3.8, 4) is 17.2 Å². The van der Waals surface area contributed by atoms with E-state index in [-0.39, 0.29) is 24.5 Å². The molecule has 25 heavy (non-hydrogen) atoms. The number of amides is 2. The van der Waals surface area contributed by atoms with Gasteiger partial charge in [0.1, 0.15) is 17.2 Å². The van der Waals surface area contributed by atoms with E-state index < -0.39 is 0 Å². The summed E-state index contributed by atoms with van der Waals surface area (Å²) in [5.41, 5.74) is 0. The summed E-state index contributed by atoms with van der Waals surface area (Å²) in [5.74, 6) is 1.87. The first-order valence-electron chi connectivity index (χ1n) is 8.21. The first-order valence-corrected chi connectivity index (χ1v) is 8.21. The molecule has 0 aromatic heterocycles. The van der Waals surface area contributed by atoms with E-state index >= 15 is 0 Å². The topological polar surface area (TPSA) is 76.7 Å². The quantitative estimate of drug-likeness (QED) is 0.846. The van der Waals surface area contributed by atoms with Crippen molar-refractivity contribution in [3.05, 3.63) is 54.6 Å². The van der Waals surface area contributed by atoms with E-state index in [0.29, 0.717) is 30.9 Å².